The number of hydrogen-bond acceptors (Lipinski definition) is 5. The first-order valence-corrected chi connectivity index (χ1v) is 9.49. The molecule has 0 bridgehead atoms. The van der Waals surface area contributed by atoms with Crippen molar-refractivity contribution in [3.63, 3.8) is 0 Å². The van der Waals surface area contributed by atoms with Crippen LogP contribution < -0.4 is 11.1 Å². The van der Waals surface area contributed by atoms with Gasteiger partial charge in [0.25, 0.3) is 0 Å². The number of piperidine rings is 1. The van der Waals surface area contributed by atoms with Crippen molar-refractivity contribution >= 4 is 23.3 Å². The van der Waals surface area contributed by atoms with Crippen molar-refractivity contribution in [3.8, 4) is 0 Å². The number of nitrogens with one attached hydrogen (secondary N) is 1. The summed E-state index contributed by atoms with van der Waals surface area (Å²) in [4.78, 5) is 35.8. The van der Waals surface area contributed by atoms with E-state index in [1.54, 1.807) is 24.1 Å². The number of carbonyl (C=O) groups is 2. The van der Waals surface area contributed by atoms with Gasteiger partial charge in [-0.2, -0.15) is 0 Å². The quantitative estimate of drug-likeness (QED) is 0.779. The topological polar surface area (TPSA) is 101 Å². The highest BCUT2D eigenvalue weighted by atomic mass is 16.2. The predicted molar refractivity (Wildman–Crippen MR) is 108 cm³/mol. The van der Waals surface area contributed by atoms with Crippen LogP contribution in [-0.2, 0) is 15.1 Å². The lowest BCUT2D eigenvalue weighted by Crippen LogP contribution is -2.55. The summed E-state index contributed by atoms with van der Waals surface area (Å²) in [6, 6.07) is 5.62. The summed E-state index contributed by atoms with van der Waals surface area (Å²) in [7, 11) is 0. The Hall–Kier alpha value is -2.96. The van der Waals surface area contributed by atoms with Gasteiger partial charge >= 0.3 is 11.8 Å². The average molecular weight is 381 g/mol. The highest BCUT2D eigenvalue weighted by Crippen LogP contribution is 2.39. The van der Waals surface area contributed by atoms with E-state index in [0.29, 0.717) is 24.0 Å². The lowest BCUT2D eigenvalue weighted by Gasteiger charge is -2.47. The van der Waals surface area contributed by atoms with E-state index < -0.39 is 17.4 Å². The number of carbonyl (C=O) groups excluding carboxylic acids is 2. The molecule has 7 heteroatoms. The number of aromatic nitrogens is 2. The van der Waals surface area contributed by atoms with Gasteiger partial charge in [-0.05, 0) is 68.9 Å². The fraction of sp³-hybridized carbons (Fsp3) is 0.429. The second kappa shape index (κ2) is 7.58. The third kappa shape index (κ3) is 3.83. The summed E-state index contributed by atoms with van der Waals surface area (Å²) in [6.45, 7) is 8.38. The molecule has 0 aliphatic carbocycles. The maximum atomic E-state index is 13.1. The zero-order valence-electron chi connectivity index (χ0n) is 16.8. The SMILES string of the molecule is Cc1cc([C@]2(C)CC[C@H](C)CN2C(=O)C(=O)Nc2cnc(N)c(C)c2)ccn1. The molecule has 1 aliphatic rings. The molecule has 2 amide bonds. The Balaban J connectivity index is 1.87. The fourth-order valence-corrected chi connectivity index (χ4v) is 3.72. The van der Waals surface area contributed by atoms with Crippen LogP contribution in [0.2, 0.25) is 0 Å². The minimum absolute atomic E-state index is 0.327. The number of likely N-dealkylation sites (tertiary alicyclic amines) is 1. The van der Waals surface area contributed by atoms with E-state index in [2.05, 4.69) is 22.2 Å². The summed E-state index contributed by atoms with van der Waals surface area (Å²) < 4.78 is 0. The number of nitrogens with zero attached hydrogens (tertiary/aromatic N) is 3. The average Bonchev–Trinajstić information content (AvgIpc) is 2.66. The van der Waals surface area contributed by atoms with Crippen LogP contribution in [-0.4, -0.2) is 33.2 Å². The van der Waals surface area contributed by atoms with Crippen molar-refractivity contribution in [3.05, 3.63) is 47.4 Å². The van der Waals surface area contributed by atoms with Gasteiger partial charge in [0.2, 0.25) is 0 Å². The number of anilines is 2. The van der Waals surface area contributed by atoms with Crippen LogP contribution in [0.4, 0.5) is 11.5 Å². The molecule has 0 aromatic carbocycles. The van der Waals surface area contributed by atoms with Gasteiger partial charge in [-0.3, -0.25) is 14.6 Å². The Kier molecular flexibility index (Phi) is 5.36. The molecule has 0 radical (unpaired) electrons. The molecule has 1 saturated heterocycles. The van der Waals surface area contributed by atoms with Crippen LogP contribution in [0, 0.1) is 19.8 Å². The van der Waals surface area contributed by atoms with Gasteiger partial charge in [0, 0.05) is 18.4 Å². The predicted octanol–water partition coefficient (Wildman–Crippen LogP) is 2.79. The van der Waals surface area contributed by atoms with Gasteiger partial charge in [0.15, 0.2) is 0 Å². The minimum atomic E-state index is -0.669. The van der Waals surface area contributed by atoms with Gasteiger partial charge in [-0.15, -0.1) is 0 Å². The summed E-state index contributed by atoms with van der Waals surface area (Å²) in [5.41, 5.74) is 8.25. The molecule has 7 nitrogen and oxygen atoms in total. The number of hydrogen-bond donors (Lipinski definition) is 2. The normalized spacial score (nSPS) is 22.0. The lowest BCUT2D eigenvalue weighted by molar-refractivity contribution is -0.150. The van der Waals surface area contributed by atoms with E-state index in [4.69, 9.17) is 5.73 Å². The Morgan fingerprint density at radius 3 is 2.71 bits per heavy atom. The molecular weight excluding hydrogens is 354 g/mol. The second-order valence-electron chi connectivity index (χ2n) is 7.90. The maximum absolute atomic E-state index is 13.1. The zero-order chi connectivity index (χ0) is 20.5. The van der Waals surface area contributed by atoms with Crippen molar-refractivity contribution in [2.75, 3.05) is 17.6 Å². The van der Waals surface area contributed by atoms with Crippen LogP contribution in [0.3, 0.4) is 0 Å². The molecule has 0 unspecified atom stereocenters. The van der Waals surface area contributed by atoms with Crippen LogP contribution in [0.1, 0.15) is 43.5 Å². The van der Waals surface area contributed by atoms with Crippen molar-refractivity contribution in [1.29, 1.82) is 0 Å². The Morgan fingerprint density at radius 1 is 1.29 bits per heavy atom. The molecule has 28 heavy (non-hydrogen) atoms. The molecule has 2 aromatic rings. The molecule has 3 rings (SSSR count). The molecular formula is C21H27N5O2. The van der Waals surface area contributed by atoms with Crippen molar-refractivity contribution in [2.24, 2.45) is 5.92 Å². The number of aryl methyl sites for hydroxylation is 2. The van der Waals surface area contributed by atoms with Crippen LogP contribution >= 0.6 is 0 Å². The first-order chi connectivity index (χ1) is 13.2. The largest absolute Gasteiger partial charge is 0.383 e. The van der Waals surface area contributed by atoms with Crippen molar-refractivity contribution in [2.45, 2.75) is 46.1 Å². The monoisotopic (exact) mass is 381 g/mol. The van der Waals surface area contributed by atoms with E-state index in [0.717, 1.165) is 29.7 Å². The molecule has 2 atom stereocenters. The number of amides is 2. The van der Waals surface area contributed by atoms with Crippen LogP contribution in [0.15, 0.2) is 30.6 Å². The summed E-state index contributed by atoms with van der Waals surface area (Å²) in [6.07, 6.45) is 4.99. The van der Waals surface area contributed by atoms with Gasteiger partial charge in [-0.25, -0.2) is 4.98 Å². The lowest BCUT2D eigenvalue weighted by atomic mass is 9.79. The number of nitrogen functional groups attached to an aromatic ring is 1. The van der Waals surface area contributed by atoms with Crippen molar-refractivity contribution < 1.29 is 9.59 Å². The first kappa shape index (κ1) is 19.8. The van der Waals surface area contributed by atoms with Crippen molar-refractivity contribution in [1.82, 2.24) is 14.9 Å². The molecule has 0 saturated carbocycles. The van der Waals surface area contributed by atoms with Gasteiger partial charge in [-0.1, -0.05) is 6.92 Å². The smallest absolute Gasteiger partial charge is 0.313 e. The van der Waals surface area contributed by atoms with Crippen LogP contribution in [0.5, 0.6) is 0 Å². The Bertz CT molecular complexity index is 913. The highest BCUT2D eigenvalue weighted by molar-refractivity contribution is 6.39. The van der Waals surface area contributed by atoms with E-state index in [9.17, 15) is 9.59 Å². The van der Waals surface area contributed by atoms with Gasteiger partial charge < -0.3 is 16.0 Å². The first-order valence-electron chi connectivity index (χ1n) is 9.49. The Morgan fingerprint density at radius 2 is 2.04 bits per heavy atom. The van der Waals surface area contributed by atoms with Gasteiger partial charge in [0.1, 0.15) is 5.82 Å². The molecule has 3 heterocycles. The molecule has 2 aromatic heterocycles. The Labute approximate surface area is 165 Å². The third-order valence-electron chi connectivity index (χ3n) is 5.55. The van der Waals surface area contributed by atoms with Crippen LogP contribution in [0.25, 0.3) is 0 Å². The zero-order valence-corrected chi connectivity index (χ0v) is 16.8. The van der Waals surface area contributed by atoms with E-state index >= 15 is 0 Å². The molecule has 3 N–H and O–H groups in total. The highest BCUT2D eigenvalue weighted by Gasteiger charge is 2.43. The number of nitrogens with two attached hydrogens (primary N) is 1. The number of rotatable bonds is 2. The van der Waals surface area contributed by atoms with E-state index in [1.807, 2.05) is 26.0 Å². The third-order valence-corrected chi connectivity index (χ3v) is 5.55. The molecule has 0 spiro atoms. The molecule has 1 aliphatic heterocycles. The maximum Gasteiger partial charge on any atom is 0.313 e. The van der Waals surface area contributed by atoms with E-state index in [-0.39, 0.29) is 0 Å². The second-order valence-corrected chi connectivity index (χ2v) is 7.90. The standard InChI is InChI=1S/C21H27N5O2/c1-13-5-7-21(4,16-6-8-23-15(3)10-16)26(12-13)20(28)19(27)25-17-9-14(2)18(22)24-11-17/h6,8-11,13H,5,7,12H2,1-4H3,(H2,22,24)(H,25,27)/t13-,21-/m0/s1. The summed E-state index contributed by atoms with van der Waals surface area (Å²) in [5.74, 6) is -0.488. The van der Waals surface area contributed by atoms with Gasteiger partial charge in [0.05, 0.1) is 17.4 Å². The summed E-state index contributed by atoms with van der Waals surface area (Å²) in [5, 5.41) is 2.66. The number of pyridine rings is 2. The summed E-state index contributed by atoms with van der Waals surface area (Å²) >= 11 is 0. The fourth-order valence-electron chi connectivity index (χ4n) is 3.72. The molecule has 1 fully saturated rings. The van der Waals surface area contributed by atoms with E-state index in [1.165, 1.54) is 6.20 Å². The molecule has 148 valence electrons. The minimum Gasteiger partial charge on any atom is -0.383 e.